The van der Waals surface area contributed by atoms with E-state index in [2.05, 4.69) is 28.6 Å². The van der Waals surface area contributed by atoms with Crippen LogP contribution in [0.1, 0.15) is 34.0 Å². The predicted octanol–water partition coefficient (Wildman–Crippen LogP) is 4.87. The molecule has 150 valence electrons. The maximum absolute atomic E-state index is 12.8. The van der Waals surface area contributed by atoms with E-state index in [0.717, 1.165) is 47.6 Å². The Hall–Kier alpha value is -3.34. The average molecular weight is 389 g/mol. The van der Waals surface area contributed by atoms with Crippen molar-refractivity contribution in [2.75, 3.05) is 24.3 Å². The lowest BCUT2D eigenvalue weighted by Crippen LogP contribution is -2.15. The van der Waals surface area contributed by atoms with Crippen molar-refractivity contribution in [3.63, 3.8) is 0 Å². The number of para-hydroxylation sites is 1. The van der Waals surface area contributed by atoms with E-state index in [9.17, 15) is 4.79 Å². The molecule has 3 rings (SSSR count). The molecule has 0 radical (unpaired) electrons. The molecule has 0 aliphatic heterocycles. The molecule has 2 aromatic carbocycles. The van der Waals surface area contributed by atoms with Crippen molar-refractivity contribution in [2.24, 2.45) is 0 Å². The average Bonchev–Trinajstić information content (AvgIpc) is 2.75. The van der Waals surface area contributed by atoms with Crippen molar-refractivity contribution >= 4 is 17.3 Å². The highest BCUT2D eigenvalue weighted by Gasteiger charge is 2.11. The third-order valence-corrected chi connectivity index (χ3v) is 4.86. The summed E-state index contributed by atoms with van der Waals surface area (Å²) in [6.07, 6.45) is 5.03. The van der Waals surface area contributed by atoms with Crippen LogP contribution in [-0.4, -0.2) is 24.5 Å². The maximum Gasteiger partial charge on any atom is 0.257 e. The molecule has 0 fully saturated rings. The molecule has 5 nitrogen and oxygen atoms in total. The van der Waals surface area contributed by atoms with Crippen molar-refractivity contribution in [1.29, 1.82) is 0 Å². The SMILES string of the molecule is CCc1cccc(C)c1NC(=O)c1cncc(NCCc2cccc(OC)c2)c1. The summed E-state index contributed by atoms with van der Waals surface area (Å²) in [5, 5.41) is 6.39. The van der Waals surface area contributed by atoms with Crippen LogP contribution in [0.3, 0.4) is 0 Å². The fourth-order valence-electron chi connectivity index (χ4n) is 3.23. The molecule has 0 unspecified atom stereocenters. The Morgan fingerprint density at radius 3 is 2.72 bits per heavy atom. The van der Waals surface area contributed by atoms with E-state index >= 15 is 0 Å². The number of nitrogens with zero attached hydrogens (tertiary/aromatic N) is 1. The number of carbonyl (C=O) groups excluding carboxylic acids is 1. The van der Waals surface area contributed by atoms with Crippen LogP contribution in [0.2, 0.25) is 0 Å². The second kappa shape index (κ2) is 9.73. The van der Waals surface area contributed by atoms with Crippen LogP contribution >= 0.6 is 0 Å². The number of rotatable bonds is 8. The van der Waals surface area contributed by atoms with Crippen LogP contribution in [-0.2, 0) is 12.8 Å². The van der Waals surface area contributed by atoms with E-state index in [1.807, 2.05) is 49.4 Å². The largest absolute Gasteiger partial charge is 0.497 e. The lowest BCUT2D eigenvalue weighted by molar-refractivity contribution is 0.102. The third kappa shape index (κ3) is 5.35. The number of pyridine rings is 1. The number of aryl methyl sites for hydroxylation is 2. The van der Waals surface area contributed by atoms with Gasteiger partial charge in [0.05, 0.1) is 18.4 Å². The van der Waals surface area contributed by atoms with Gasteiger partial charge in [-0.15, -0.1) is 0 Å². The Morgan fingerprint density at radius 1 is 1.10 bits per heavy atom. The minimum atomic E-state index is -0.155. The molecular weight excluding hydrogens is 362 g/mol. The van der Waals surface area contributed by atoms with Gasteiger partial charge < -0.3 is 15.4 Å². The molecule has 1 aromatic heterocycles. The van der Waals surface area contributed by atoms with Gasteiger partial charge in [-0.2, -0.15) is 0 Å². The smallest absolute Gasteiger partial charge is 0.257 e. The van der Waals surface area contributed by atoms with Gasteiger partial charge in [0.2, 0.25) is 0 Å². The topological polar surface area (TPSA) is 63.2 Å². The molecule has 5 heteroatoms. The third-order valence-electron chi connectivity index (χ3n) is 4.86. The van der Waals surface area contributed by atoms with E-state index in [1.165, 1.54) is 5.56 Å². The highest BCUT2D eigenvalue weighted by molar-refractivity contribution is 6.05. The lowest BCUT2D eigenvalue weighted by Gasteiger charge is -2.13. The number of benzene rings is 2. The van der Waals surface area contributed by atoms with E-state index in [0.29, 0.717) is 5.56 Å². The van der Waals surface area contributed by atoms with Crippen LogP contribution in [0.15, 0.2) is 60.9 Å². The van der Waals surface area contributed by atoms with Crippen LogP contribution in [0.4, 0.5) is 11.4 Å². The Balaban J connectivity index is 1.64. The number of carbonyl (C=O) groups is 1. The van der Waals surface area contributed by atoms with Gasteiger partial charge in [-0.1, -0.05) is 37.3 Å². The Morgan fingerprint density at radius 2 is 1.93 bits per heavy atom. The molecule has 29 heavy (non-hydrogen) atoms. The molecule has 0 saturated carbocycles. The van der Waals surface area contributed by atoms with Gasteiger partial charge in [0.25, 0.3) is 5.91 Å². The summed E-state index contributed by atoms with van der Waals surface area (Å²) in [6, 6.07) is 15.9. The number of nitrogens with one attached hydrogen (secondary N) is 2. The van der Waals surface area contributed by atoms with Gasteiger partial charge in [-0.3, -0.25) is 9.78 Å². The number of ether oxygens (including phenoxy) is 1. The maximum atomic E-state index is 12.8. The Labute approximate surface area is 172 Å². The van der Waals surface area contributed by atoms with Crippen molar-refractivity contribution in [3.8, 4) is 5.75 Å². The molecule has 0 spiro atoms. The number of anilines is 2. The van der Waals surface area contributed by atoms with Gasteiger partial charge in [0.15, 0.2) is 0 Å². The quantitative estimate of drug-likeness (QED) is 0.577. The fourth-order valence-corrected chi connectivity index (χ4v) is 3.23. The molecule has 0 atom stereocenters. The van der Waals surface area contributed by atoms with Crippen LogP contribution in [0, 0.1) is 6.92 Å². The molecular formula is C24H27N3O2. The minimum Gasteiger partial charge on any atom is -0.497 e. The summed E-state index contributed by atoms with van der Waals surface area (Å²) in [5.41, 5.74) is 5.60. The summed E-state index contributed by atoms with van der Waals surface area (Å²) in [7, 11) is 1.67. The molecule has 0 aliphatic carbocycles. The van der Waals surface area contributed by atoms with Gasteiger partial charge in [0.1, 0.15) is 5.75 Å². The minimum absolute atomic E-state index is 0.155. The van der Waals surface area contributed by atoms with Crippen molar-refractivity contribution in [1.82, 2.24) is 4.98 Å². The second-order valence-electron chi connectivity index (χ2n) is 6.91. The predicted molar refractivity (Wildman–Crippen MR) is 118 cm³/mol. The van der Waals surface area contributed by atoms with Gasteiger partial charge in [-0.25, -0.2) is 0 Å². The van der Waals surface area contributed by atoms with Crippen molar-refractivity contribution in [3.05, 3.63) is 83.2 Å². The van der Waals surface area contributed by atoms with Crippen LogP contribution in [0.5, 0.6) is 5.75 Å². The summed E-state index contributed by atoms with van der Waals surface area (Å²) >= 11 is 0. The first-order valence-electron chi connectivity index (χ1n) is 9.82. The zero-order valence-corrected chi connectivity index (χ0v) is 17.2. The number of methoxy groups -OCH3 is 1. The number of amides is 1. The van der Waals surface area contributed by atoms with Gasteiger partial charge in [0, 0.05) is 24.6 Å². The number of aromatic nitrogens is 1. The summed E-state index contributed by atoms with van der Waals surface area (Å²) < 4.78 is 5.26. The summed E-state index contributed by atoms with van der Waals surface area (Å²) in [6.45, 7) is 4.82. The lowest BCUT2D eigenvalue weighted by atomic mass is 10.1. The van der Waals surface area contributed by atoms with Gasteiger partial charge in [-0.05, 0) is 54.7 Å². The van der Waals surface area contributed by atoms with E-state index in [-0.39, 0.29) is 5.91 Å². The molecule has 1 amide bonds. The van der Waals surface area contributed by atoms with Crippen LogP contribution in [0.25, 0.3) is 0 Å². The van der Waals surface area contributed by atoms with Crippen LogP contribution < -0.4 is 15.4 Å². The first-order valence-corrected chi connectivity index (χ1v) is 9.82. The van der Waals surface area contributed by atoms with Gasteiger partial charge >= 0.3 is 0 Å². The monoisotopic (exact) mass is 389 g/mol. The molecule has 2 N–H and O–H groups in total. The van der Waals surface area contributed by atoms with E-state index in [1.54, 1.807) is 19.5 Å². The molecule has 3 aromatic rings. The summed E-state index contributed by atoms with van der Waals surface area (Å²) in [4.78, 5) is 17.0. The van der Waals surface area contributed by atoms with E-state index < -0.39 is 0 Å². The Bertz CT molecular complexity index is 985. The number of hydrogen-bond acceptors (Lipinski definition) is 4. The number of hydrogen-bond donors (Lipinski definition) is 2. The zero-order valence-electron chi connectivity index (χ0n) is 17.2. The normalized spacial score (nSPS) is 10.4. The molecule has 0 aliphatic rings. The highest BCUT2D eigenvalue weighted by Crippen LogP contribution is 2.22. The molecule has 1 heterocycles. The fraction of sp³-hybridized carbons (Fsp3) is 0.250. The standard InChI is InChI=1S/C24H27N3O2/c1-4-19-9-5-7-17(2)23(19)27-24(28)20-14-21(16-25-15-20)26-12-11-18-8-6-10-22(13-18)29-3/h5-10,13-16,26H,4,11-12H2,1-3H3,(H,27,28). The van der Waals surface area contributed by atoms with Crippen molar-refractivity contribution in [2.45, 2.75) is 26.7 Å². The first-order chi connectivity index (χ1) is 14.1. The van der Waals surface area contributed by atoms with E-state index in [4.69, 9.17) is 4.74 Å². The molecule has 0 bridgehead atoms. The molecule has 0 saturated heterocycles. The second-order valence-corrected chi connectivity index (χ2v) is 6.91. The highest BCUT2D eigenvalue weighted by atomic mass is 16.5. The summed E-state index contributed by atoms with van der Waals surface area (Å²) in [5.74, 6) is 0.698. The Kier molecular flexibility index (Phi) is 6.85. The first kappa shape index (κ1) is 20.4. The zero-order chi connectivity index (χ0) is 20.6. The van der Waals surface area contributed by atoms with Crippen molar-refractivity contribution < 1.29 is 9.53 Å².